The molecule has 1 amide bonds. The monoisotopic (exact) mass is 305 g/mol. The predicted molar refractivity (Wildman–Crippen MR) is 88.3 cm³/mol. The van der Waals surface area contributed by atoms with E-state index < -0.39 is 0 Å². The Kier molecular flexibility index (Phi) is 4.13. The van der Waals surface area contributed by atoms with Gasteiger partial charge in [0.25, 0.3) is 0 Å². The molecule has 1 saturated heterocycles. The third-order valence-corrected chi connectivity index (χ3v) is 6.88. The quantitative estimate of drug-likeness (QED) is 0.809. The van der Waals surface area contributed by atoms with E-state index in [1.807, 2.05) is 0 Å². The second kappa shape index (κ2) is 5.67. The van der Waals surface area contributed by atoms with E-state index in [0.29, 0.717) is 17.7 Å². The largest absolute Gasteiger partial charge is 0.396 e. The van der Waals surface area contributed by atoms with Crippen molar-refractivity contribution in [1.29, 1.82) is 0 Å². The SMILES string of the molecule is C=C1C2(C(=O)N3CCCC(CCCO)C3)CCC(C2)C1(C)C. The number of likely N-dealkylation sites (tertiary alicyclic amines) is 1. The van der Waals surface area contributed by atoms with Gasteiger partial charge < -0.3 is 10.0 Å². The van der Waals surface area contributed by atoms with Gasteiger partial charge in [-0.05, 0) is 62.2 Å². The van der Waals surface area contributed by atoms with Crippen LogP contribution in [0.3, 0.4) is 0 Å². The van der Waals surface area contributed by atoms with Crippen LogP contribution in [-0.4, -0.2) is 35.6 Å². The van der Waals surface area contributed by atoms with Gasteiger partial charge in [0.1, 0.15) is 0 Å². The van der Waals surface area contributed by atoms with Gasteiger partial charge in [-0.25, -0.2) is 0 Å². The zero-order chi connectivity index (χ0) is 16.0. The lowest BCUT2D eigenvalue weighted by atomic mass is 9.68. The number of carbonyl (C=O) groups excluding carboxylic acids is 1. The van der Waals surface area contributed by atoms with Crippen LogP contribution in [0.5, 0.6) is 0 Å². The van der Waals surface area contributed by atoms with E-state index in [0.717, 1.165) is 45.2 Å². The molecule has 2 aliphatic carbocycles. The van der Waals surface area contributed by atoms with Gasteiger partial charge in [0.05, 0.1) is 5.41 Å². The first kappa shape index (κ1) is 16.0. The normalized spacial score (nSPS) is 36.9. The van der Waals surface area contributed by atoms with Crippen LogP contribution in [0.1, 0.15) is 58.8 Å². The van der Waals surface area contributed by atoms with Crippen LogP contribution in [0.25, 0.3) is 0 Å². The zero-order valence-electron chi connectivity index (χ0n) is 14.2. The van der Waals surface area contributed by atoms with Gasteiger partial charge in [-0.2, -0.15) is 0 Å². The minimum absolute atomic E-state index is 0.125. The van der Waals surface area contributed by atoms with Crippen LogP contribution in [0.2, 0.25) is 0 Å². The molecule has 3 heteroatoms. The van der Waals surface area contributed by atoms with E-state index in [2.05, 4.69) is 25.3 Å². The molecule has 3 rings (SSSR count). The Hall–Kier alpha value is -0.830. The summed E-state index contributed by atoms with van der Waals surface area (Å²) < 4.78 is 0. The molecule has 22 heavy (non-hydrogen) atoms. The number of amides is 1. The Labute approximate surface area is 134 Å². The summed E-state index contributed by atoms with van der Waals surface area (Å²) >= 11 is 0. The molecule has 0 aromatic heterocycles. The molecule has 1 heterocycles. The number of carbonyl (C=O) groups is 1. The van der Waals surface area contributed by atoms with Crippen LogP contribution in [0.15, 0.2) is 12.2 Å². The van der Waals surface area contributed by atoms with Crippen molar-refractivity contribution in [2.75, 3.05) is 19.7 Å². The number of hydrogen-bond acceptors (Lipinski definition) is 2. The van der Waals surface area contributed by atoms with Crippen LogP contribution < -0.4 is 0 Å². The molecule has 0 radical (unpaired) electrons. The van der Waals surface area contributed by atoms with Gasteiger partial charge in [0, 0.05) is 19.7 Å². The first-order valence-corrected chi connectivity index (χ1v) is 9.02. The minimum atomic E-state index is -0.257. The van der Waals surface area contributed by atoms with Gasteiger partial charge in [-0.15, -0.1) is 0 Å². The summed E-state index contributed by atoms with van der Waals surface area (Å²) in [5.41, 5.74) is 1.06. The highest BCUT2D eigenvalue weighted by Crippen LogP contribution is 2.66. The molecule has 0 aromatic rings. The third kappa shape index (κ3) is 2.33. The highest BCUT2D eigenvalue weighted by atomic mass is 16.2. The molecule has 3 unspecified atom stereocenters. The van der Waals surface area contributed by atoms with E-state index in [-0.39, 0.29) is 17.4 Å². The molecular formula is C19H31NO2. The molecule has 3 nitrogen and oxygen atoms in total. The highest BCUT2D eigenvalue weighted by Gasteiger charge is 2.61. The summed E-state index contributed by atoms with van der Waals surface area (Å²) in [6.07, 6.45) is 7.43. The van der Waals surface area contributed by atoms with Crippen molar-refractivity contribution in [3.63, 3.8) is 0 Å². The Morgan fingerprint density at radius 1 is 1.41 bits per heavy atom. The van der Waals surface area contributed by atoms with Crippen LogP contribution in [0, 0.1) is 22.7 Å². The minimum Gasteiger partial charge on any atom is -0.396 e. The molecule has 3 atom stereocenters. The van der Waals surface area contributed by atoms with Crippen molar-refractivity contribution < 1.29 is 9.90 Å². The summed E-state index contributed by atoms with van der Waals surface area (Å²) in [7, 11) is 0. The van der Waals surface area contributed by atoms with Crippen LogP contribution in [-0.2, 0) is 4.79 Å². The zero-order valence-corrected chi connectivity index (χ0v) is 14.2. The molecule has 2 saturated carbocycles. The van der Waals surface area contributed by atoms with Crippen molar-refractivity contribution in [2.24, 2.45) is 22.7 Å². The van der Waals surface area contributed by atoms with Crippen molar-refractivity contribution >= 4 is 5.91 Å². The van der Waals surface area contributed by atoms with Crippen LogP contribution >= 0.6 is 0 Å². The van der Waals surface area contributed by atoms with Gasteiger partial charge in [0.15, 0.2) is 0 Å². The predicted octanol–water partition coefficient (Wildman–Crippen LogP) is 3.38. The van der Waals surface area contributed by atoms with Gasteiger partial charge in [-0.3, -0.25) is 4.79 Å². The van der Waals surface area contributed by atoms with Crippen molar-refractivity contribution in [2.45, 2.75) is 58.8 Å². The Bertz CT molecular complexity index is 470. The summed E-state index contributed by atoms with van der Waals surface area (Å²) in [6.45, 7) is 11.0. The number of nitrogens with zero attached hydrogens (tertiary/aromatic N) is 1. The molecule has 2 bridgehead atoms. The lowest BCUT2D eigenvalue weighted by molar-refractivity contribution is -0.141. The fourth-order valence-corrected chi connectivity index (χ4v) is 5.29. The van der Waals surface area contributed by atoms with E-state index in [9.17, 15) is 4.79 Å². The Morgan fingerprint density at radius 2 is 2.18 bits per heavy atom. The number of fused-ring (bicyclic) bond motifs is 2. The van der Waals surface area contributed by atoms with E-state index in [1.165, 1.54) is 18.4 Å². The van der Waals surface area contributed by atoms with Gasteiger partial charge >= 0.3 is 0 Å². The third-order valence-electron chi connectivity index (χ3n) is 6.88. The molecule has 3 aliphatic rings. The maximum absolute atomic E-state index is 13.3. The highest BCUT2D eigenvalue weighted by molar-refractivity contribution is 5.87. The molecule has 124 valence electrons. The fourth-order valence-electron chi connectivity index (χ4n) is 5.29. The second-order valence-electron chi connectivity index (χ2n) is 8.35. The second-order valence-corrected chi connectivity index (χ2v) is 8.35. The molecular weight excluding hydrogens is 274 g/mol. The fraction of sp³-hybridized carbons (Fsp3) is 0.842. The van der Waals surface area contributed by atoms with Gasteiger partial charge in [0.2, 0.25) is 5.91 Å². The molecule has 1 aliphatic heterocycles. The number of aliphatic hydroxyl groups excluding tert-OH is 1. The molecule has 3 fully saturated rings. The maximum Gasteiger partial charge on any atom is 0.232 e. The number of piperidine rings is 1. The lowest BCUT2D eigenvalue weighted by Gasteiger charge is -2.42. The number of rotatable bonds is 4. The van der Waals surface area contributed by atoms with Crippen molar-refractivity contribution in [3.05, 3.63) is 12.2 Å². The summed E-state index contributed by atoms with van der Waals surface area (Å²) in [6, 6.07) is 0. The molecule has 0 spiro atoms. The Morgan fingerprint density at radius 3 is 2.82 bits per heavy atom. The number of aliphatic hydroxyl groups is 1. The summed E-state index contributed by atoms with van der Waals surface area (Å²) in [4.78, 5) is 15.4. The van der Waals surface area contributed by atoms with E-state index >= 15 is 0 Å². The van der Waals surface area contributed by atoms with E-state index in [1.54, 1.807) is 0 Å². The summed E-state index contributed by atoms with van der Waals surface area (Å²) in [5.74, 6) is 1.57. The lowest BCUT2D eigenvalue weighted by Crippen LogP contribution is -2.48. The van der Waals surface area contributed by atoms with E-state index in [4.69, 9.17) is 5.11 Å². The molecule has 0 aromatic carbocycles. The van der Waals surface area contributed by atoms with Crippen LogP contribution in [0.4, 0.5) is 0 Å². The van der Waals surface area contributed by atoms with Crippen molar-refractivity contribution in [3.8, 4) is 0 Å². The molecule has 1 N–H and O–H groups in total. The van der Waals surface area contributed by atoms with Crippen molar-refractivity contribution in [1.82, 2.24) is 4.90 Å². The average molecular weight is 305 g/mol. The summed E-state index contributed by atoms with van der Waals surface area (Å²) in [5, 5.41) is 9.03. The standard InChI is InChI=1S/C19H31NO2/c1-14-18(2,3)16-8-9-19(14,12-16)17(22)20-10-4-6-15(13-20)7-5-11-21/h15-16,21H,1,4-13H2,2-3H3. The smallest absolute Gasteiger partial charge is 0.232 e. The average Bonchev–Trinajstić information content (AvgIpc) is 3.04. The Balaban J connectivity index is 1.72. The maximum atomic E-state index is 13.3. The van der Waals surface area contributed by atoms with Gasteiger partial charge in [-0.1, -0.05) is 26.0 Å². The topological polar surface area (TPSA) is 40.5 Å². The first-order valence-electron chi connectivity index (χ1n) is 9.02. The first-order chi connectivity index (χ1) is 10.4. The number of hydrogen-bond donors (Lipinski definition) is 1.